The number of rotatable bonds is 8. The van der Waals surface area contributed by atoms with E-state index in [4.69, 9.17) is 14.1 Å². The third kappa shape index (κ3) is 5.98. The van der Waals surface area contributed by atoms with E-state index in [-0.39, 0.29) is 35.4 Å². The molecule has 1 aromatic rings. The third-order valence-corrected chi connectivity index (χ3v) is 4.16. The fraction of sp³-hybridized carbons (Fsp3) is 0.526. The first-order valence-corrected chi connectivity index (χ1v) is 9.30. The van der Waals surface area contributed by atoms with Crippen LogP contribution in [0.5, 0.6) is 5.75 Å². The second-order valence-electron chi connectivity index (χ2n) is 6.87. The maximum Gasteiger partial charge on any atom is 0.526 e. The number of Topliss-reactive ketones (excluding diaryl/α,β-unsaturated/α-hetero) is 1. The molecule has 2 rings (SSSR count). The Kier molecular flexibility index (Phi) is 7.86. The Hall–Kier alpha value is -2.55. The molecule has 0 fully saturated rings. The number of para-hydroxylation sites is 1. The van der Waals surface area contributed by atoms with Crippen molar-refractivity contribution < 1.29 is 38.3 Å². The number of carbonyl (C=O) groups excluding carboxylic acids is 3. The van der Waals surface area contributed by atoms with Crippen molar-refractivity contribution in [3.63, 3.8) is 0 Å². The van der Waals surface area contributed by atoms with Gasteiger partial charge in [-0.15, -0.1) is 0 Å². The molecule has 1 atom stereocenters. The fourth-order valence-corrected chi connectivity index (χ4v) is 2.93. The fourth-order valence-electron chi connectivity index (χ4n) is 2.93. The van der Waals surface area contributed by atoms with Gasteiger partial charge in [0.15, 0.2) is 0 Å². The van der Waals surface area contributed by atoms with Gasteiger partial charge < -0.3 is 23.9 Å². The molecule has 0 spiro atoms. The predicted molar refractivity (Wildman–Crippen MR) is 100 cm³/mol. The van der Waals surface area contributed by atoms with E-state index >= 15 is 0 Å². The Balaban J connectivity index is 2.00. The molecule has 0 aliphatic carbocycles. The van der Waals surface area contributed by atoms with Crippen LogP contribution in [0.4, 0.5) is 4.79 Å². The third-order valence-electron chi connectivity index (χ3n) is 4.16. The molecule has 0 aromatic heterocycles. The summed E-state index contributed by atoms with van der Waals surface area (Å²) in [7, 11) is -1.19. The van der Waals surface area contributed by atoms with Crippen LogP contribution in [0.3, 0.4) is 0 Å². The number of carbonyl (C=O) groups is 3. The molecular weight excluding hydrogens is 367 g/mol. The van der Waals surface area contributed by atoms with Gasteiger partial charge in [-0.2, -0.15) is 0 Å². The molecule has 0 unspecified atom stereocenters. The van der Waals surface area contributed by atoms with Crippen LogP contribution in [-0.4, -0.2) is 42.9 Å². The molecule has 1 N–H and O–H groups in total. The minimum absolute atomic E-state index is 0.0691. The lowest BCUT2D eigenvalue weighted by Gasteiger charge is -2.28. The molecular formula is C19H25BO8. The minimum atomic E-state index is -1.19. The molecule has 0 amide bonds. The number of fused-ring (bicyclic) bond motifs is 1. The minimum Gasteiger partial charge on any atom is -0.535 e. The summed E-state index contributed by atoms with van der Waals surface area (Å²) >= 11 is 0. The van der Waals surface area contributed by atoms with Gasteiger partial charge in [-0.25, -0.2) is 9.59 Å². The summed E-state index contributed by atoms with van der Waals surface area (Å²) in [5, 5.41) is 10.3. The first-order chi connectivity index (χ1) is 13.3. The normalized spacial score (nSPS) is 15.5. The van der Waals surface area contributed by atoms with Gasteiger partial charge in [-0.1, -0.05) is 19.1 Å². The smallest absolute Gasteiger partial charge is 0.526 e. The Labute approximate surface area is 164 Å². The molecule has 0 saturated carbocycles. The molecule has 0 bridgehead atoms. The van der Waals surface area contributed by atoms with E-state index in [0.29, 0.717) is 18.4 Å². The van der Waals surface area contributed by atoms with Gasteiger partial charge >= 0.3 is 19.2 Å². The van der Waals surface area contributed by atoms with Crippen molar-refractivity contribution in [2.45, 2.75) is 58.4 Å². The van der Waals surface area contributed by atoms with Crippen molar-refractivity contribution >= 4 is 25.0 Å². The molecule has 0 saturated heterocycles. The predicted octanol–water partition coefficient (Wildman–Crippen LogP) is 2.91. The molecule has 0 radical (unpaired) electrons. The van der Waals surface area contributed by atoms with Gasteiger partial charge in [-0.05, 0) is 38.3 Å². The number of hydrogen-bond acceptors (Lipinski definition) is 8. The van der Waals surface area contributed by atoms with Crippen molar-refractivity contribution in [1.82, 2.24) is 0 Å². The number of ketones is 1. The number of esters is 1. The second-order valence-corrected chi connectivity index (χ2v) is 6.87. The van der Waals surface area contributed by atoms with Gasteiger partial charge in [0.1, 0.15) is 17.1 Å². The lowest BCUT2D eigenvalue weighted by molar-refractivity contribution is -0.119. The summed E-state index contributed by atoms with van der Waals surface area (Å²) in [5.74, 6) is -0.850. The van der Waals surface area contributed by atoms with Crippen LogP contribution in [0.1, 0.15) is 56.0 Å². The summed E-state index contributed by atoms with van der Waals surface area (Å²) in [5.41, 5.74) is 0.810. The van der Waals surface area contributed by atoms with Crippen molar-refractivity contribution in [3.8, 4) is 5.75 Å². The van der Waals surface area contributed by atoms with Gasteiger partial charge in [0.25, 0.3) is 0 Å². The first kappa shape index (κ1) is 21.8. The first-order valence-electron chi connectivity index (χ1n) is 9.30. The lowest BCUT2D eigenvalue weighted by Crippen LogP contribution is -2.36. The highest BCUT2D eigenvalue weighted by Crippen LogP contribution is 2.36. The molecule has 8 nitrogen and oxygen atoms in total. The molecule has 152 valence electrons. The molecule has 1 heterocycles. The van der Waals surface area contributed by atoms with Crippen LogP contribution in [0.15, 0.2) is 18.2 Å². The van der Waals surface area contributed by atoms with Crippen LogP contribution in [0, 0.1) is 0 Å². The van der Waals surface area contributed by atoms with E-state index in [1.165, 1.54) is 6.07 Å². The number of hydrogen-bond donors (Lipinski definition) is 1. The van der Waals surface area contributed by atoms with E-state index in [0.717, 1.165) is 6.42 Å². The summed E-state index contributed by atoms with van der Waals surface area (Å²) in [6, 6.07) is 4.92. The zero-order valence-electron chi connectivity index (χ0n) is 16.3. The van der Waals surface area contributed by atoms with E-state index < -0.39 is 26.0 Å². The maximum absolute atomic E-state index is 12.3. The van der Waals surface area contributed by atoms with Gasteiger partial charge in [0, 0.05) is 18.7 Å². The molecule has 1 aliphatic rings. The Morgan fingerprint density at radius 1 is 1.29 bits per heavy atom. The number of ether oxygens (including phenoxy) is 3. The highest BCUT2D eigenvalue weighted by atomic mass is 16.8. The molecule has 28 heavy (non-hydrogen) atoms. The van der Waals surface area contributed by atoms with E-state index in [1.807, 2.05) is 6.92 Å². The van der Waals surface area contributed by atoms with Gasteiger partial charge in [0.2, 0.25) is 6.79 Å². The zero-order valence-corrected chi connectivity index (χ0v) is 16.3. The average Bonchev–Trinajstić information content (AvgIpc) is 2.61. The SMILES string of the molecule is CCCC(=O)C[C@H]1Cc2cccc(C(=O)OCOC(=O)OC(C)C)c2OB1O. The highest BCUT2D eigenvalue weighted by Gasteiger charge is 2.37. The topological polar surface area (TPSA) is 108 Å². The highest BCUT2D eigenvalue weighted by molar-refractivity contribution is 6.47. The van der Waals surface area contributed by atoms with Crippen molar-refractivity contribution in [2.24, 2.45) is 0 Å². The summed E-state index contributed by atoms with van der Waals surface area (Å²) in [4.78, 5) is 35.5. The monoisotopic (exact) mass is 392 g/mol. The standard InChI is InChI=1S/C19H25BO8/c1-4-6-15(21)10-14-9-13-7-5-8-16(17(13)28-20(14)24)18(22)25-11-26-19(23)27-12(2)3/h5,7-8,12,14,24H,4,6,9-11H2,1-3H3/t14-/m1/s1. The summed E-state index contributed by atoms with van der Waals surface area (Å²) in [6.07, 6.45) is 0.545. The Morgan fingerprint density at radius 3 is 2.71 bits per heavy atom. The van der Waals surface area contributed by atoms with Crippen molar-refractivity contribution in [1.29, 1.82) is 0 Å². The largest absolute Gasteiger partial charge is 0.535 e. The van der Waals surface area contributed by atoms with Crippen molar-refractivity contribution in [3.05, 3.63) is 29.3 Å². The van der Waals surface area contributed by atoms with Gasteiger partial charge in [0.05, 0.1) is 6.10 Å². The Morgan fingerprint density at radius 2 is 2.04 bits per heavy atom. The van der Waals surface area contributed by atoms with E-state index in [9.17, 15) is 19.4 Å². The average molecular weight is 392 g/mol. The van der Waals surface area contributed by atoms with E-state index in [2.05, 4.69) is 4.74 Å². The van der Waals surface area contributed by atoms with Crippen LogP contribution in [-0.2, 0) is 25.4 Å². The van der Waals surface area contributed by atoms with Gasteiger partial charge in [-0.3, -0.25) is 4.79 Å². The Bertz CT molecular complexity index is 718. The van der Waals surface area contributed by atoms with Crippen LogP contribution >= 0.6 is 0 Å². The molecule has 1 aromatic carbocycles. The van der Waals surface area contributed by atoms with Crippen LogP contribution in [0.2, 0.25) is 5.82 Å². The summed E-state index contributed by atoms with van der Waals surface area (Å²) in [6.45, 7) is 4.64. The zero-order chi connectivity index (χ0) is 20.7. The quantitative estimate of drug-likeness (QED) is 0.409. The van der Waals surface area contributed by atoms with Crippen LogP contribution < -0.4 is 4.65 Å². The summed E-state index contributed by atoms with van der Waals surface area (Å²) < 4.78 is 19.9. The molecule has 1 aliphatic heterocycles. The molecule has 9 heteroatoms. The number of benzene rings is 1. The van der Waals surface area contributed by atoms with E-state index in [1.54, 1.807) is 26.0 Å². The lowest BCUT2D eigenvalue weighted by atomic mass is 9.64. The van der Waals surface area contributed by atoms with Crippen molar-refractivity contribution in [2.75, 3.05) is 6.79 Å². The second kappa shape index (κ2) is 10.1. The van der Waals surface area contributed by atoms with Crippen LogP contribution in [0.25, 0.3) is 0 Å². The maximum atomic E-state index is 12.3.